The molecule has 5 heteroatoms. The normalized spacial score (nSPS) is 14.4. The van der Waals surface area contributed by atoms with E-state index in [1.54, 1.807) is 0 Å². The smallest absolute Gasteiger partial charge is 0.175 e. The lowest BCUT2D eigenvalue weighted by Crippen LogP contribution is -2.47. The number of ether oxygens (including phenoxy) is 2. The molecular formula is C15H22BrNO3. The van der Waals surface area contributed by atoms with Gasteiger partial charge in [0, 0.05) is 12.1 Å². The Kier molecular flexibility index (Phi) is 5.29. The first-order valence-electron chi connectivity index (χ1n) is 7.08. The quantitative estimate of drug-likeness (QED) is 0.833. The molecule has 1 aromatic carbocycles. The Morgan fingerprint density at radius 3 is 2.60 bits per heavy atom. The number of aliphatic hydroxyl groups excluding tert-OH is 1. The third-order valence-corrected chi connectivity index (χ3v) is 4.57. The third kappa shape index (κ3) is 3.27. The van der Waals surface area contributed by atoms with Crippen LogP contribution in [-0.2, 0) is 6.54 Å². The topological polar surface area (TPSA) is 50.7 Å². The Morgan fingerprint density at radius 1 is 1.25 bits per heavy atom. The molecule has 0 radical (unpaired) electrons. The average Bonchev–Trinajstić information content (AvgIpc) is 2.49. The second-order valence-electron chi connectivity index (χ2n) is 5.10. The number of halogens is 1. The largest absolute Gasteiger partial charge is 0.486 e. The van der Waals surface area contributed by atoms with Gasteiger partial charge in [0.1, 0.15) is 13.2 Å². The maximum atomic E-state index is 9.58. The van der Waals surface area contributed by atoms with Gasteiger partial charge in [0.05, 0.1) is 11.1 Å². The SMILES string of the molecule is CCC(CC)(CO)NCc1cc(Br)c2c(c1)OCCO2. The maximum Gasteiger partial charge on any atom is 0.175 e. The molecule has 0 saturated heterocycles. The summed E-state index contributed by atoms with van der Waals surface area (Å²) in [5.74, 6) is 1.56. The molecule has 4 nitrogen and oxygen atoms in total. The first-order chi connectivity index (χ1) is 9.64. The Morgan fingerprint density at radius 2 is 1.95 bits per heavy atom. The molecule has 1 aromatic rings. The van der Waals surface area contributed by atoms with Crippen LogP contribution < -0.4 is 14.8 Å². The fourth-order valence-corrected chi connectivity index (χ4v) is 2.94. The minimum Gasteiger partial charge on any atom is -0.486 e. The minimum atomic E-state index is -0.209. The predicted octanol–water partition coefficient (Wildman–Crippen LogP) is 2.86. The molecule has 1 aliphatic heterocycles. The van der Waals surface area contributed by atoms with Crippen molar-refractivity contribution < 1.29 is 14.6 Å². The van der Waals surface area contributed by atoms with Crippen LogP contribution >= 0.6 is 15.9 Å². The van der Waals surface area contributed by atoms with Crippen molar-refractivity contribution in [2.75, 3.05) is 19.8 Å². The van der Waals surface area contributed by atoms with Gasteiger partial charge in [0.25, 0.3) is 0 Å². The van der Waals surface area contributed by atoms with E-state index in [4.69, 9.17) is 9.47 Å². The maximum absolute atomic E-state index is 9.58. The summed E-state index contributed by atoms with van der Waals surface area (Å²) in [6.45, 7) is 6.19. The van der Waals surface area contributed by atoms with Crippen LogP contribution in [0.4, 0.5) is 0 Å². The molecule has 0 amide bonds. The number of aliphatic hydroxyl groups is 1. The fourth-order valence-electron chi connectivity index (χ4n) is 2.34. The molecule has 2 N–H and O–H groups in total. The molecule has 20 heavy (non-hydrogen) atoms. The number of nitrogens with one attached hydrogen (secondary N) is 1. The number of hydrogen-bond donors (Lipinski definition) is 2. The standard InChI is InChI=1S/C15H22BrNO3/c1-3-15(4-2,10-18)17-9-11-7-12(16)14-13(8-11)19-5-6-20-14/h7-8,17-18H,3-6,9-10H2,1-2H3. The van der Waals surface area contributed by atoms with E-state index in [1.165, 1.54) is 0 Å². The van der Waals surface area contributed by atoms with Gasteiger partial charge in [-0.3, -0.25) is 0 Å². The molecule has 0 fully saturated rings. The zero-order valence-corrected chi connectivity index (χ0v) is 13.6. The van der Waals surface area contributed by atoms with Crippen molar-refractivity contribution in [3.05, 3.63) is 22.2 Å². The summed E-state index contributed by atoms with van der Waals surface area (Å²) < 4.78 is 12.1. The van der Waals surface area contributed by atoms with Crippen molar-refractivity contribution in [2.45, 2.75) is 38.8 Å². The Hall–Kier alpha value is -0.780. The Labute approximate surface area is 128 Å². The van der Waals surface area contributed by atoms with Gasteiger partial charge < -0.3 is 19.9 Å². The van der Waals surface area contributed by atoms with E-state index in [0.29, 0.717) is 19.8 Å². The van der Waals surface area contributed by atoms with Crippen LogP contribution in [0, 0.1) is 0 Å². The van der Waals surface area contributed by atoms with E-state index < -0.39 is 0 Å². The molecule has 0 spiro atoms. The van der Waals surface area contributed by atoms with E-state index in [1.807, 2.05) is 12.1 Å². The molecule has 0 aromatic heterocycles. The van der Waals surface area contributed by atoms with Gasteiger partial charge in [-0.15, -0.1) is 0 Å². The molecule has 0 saturated carbocycles. The van der Waals surface area contributed by atoms with Crippen LogP contribution in [0.25, 0.3) is 0 Å². The zero-order chi connectivity index (χ0) is 14.6. The van der Waals surface area contributed by atoms with Crippen LogP contribution in [0.2, 0.25) is 0 Å². The van der Waals surface area contributed by atoms with Crippen molar-refractivity contribution in [2.24, 2.45) is 0 Å². The lowest BCUT2D eigenvalue weighted by molar-refractivity contribution is 0.149. The molecule has 112 valence electrons. The lowest BCUT2D eigenvalue weighted by atomic mass is 9.93. The van der Waals surface area contributed by atoms with E-state index in [0.717, 1.165) is 34.4 Å². The summed E-state index contributed by atoms with van der Waals surface area (Å²) in [6, 6.07) is 4.04. The van der Waals surface area contributed by atoms with Gasteiger partial charge in [-0.1, -0.05) is 13.8 Å². The van der Waals surface area contributed by atoms with E-state index in [2.05, 4.69) is 35.1 Å². The fraction of sp³-hybridized carbons (Fsp3) is 0.600. The van der Waals surface area contributed by atoms with Crippen LogP contribution in [0.5, 0.6) is 11.5 Å². The molecule has 0 atom stereocenters. The van der Waals surface area contributed by atoms with Gasteiger partial charge in [-0.25, -0.2) is 0 Å². The Bertz CT molecular complexity index is 452. The average molecular weight is 344 g/mol. The monoisotopic (exact) mass is 343 g/mol. The van der Waals surface area contributed by atoms with E-state index in [-0.39, 0.29) is 12.1 Å². The molecular weight excluding hydrogens is 322 g/mol. The molecule has 2 rings (SSSR count). The van der Waals surface area contributed by atoms with Crippen LogP contribution in [0.3, 0.4) is 0 Å². The van der Waals surface area contributed by atoms with Gasteiger partial charge in [0.2, 0.25) is 0 Å². The van der Waals surface area contributed by atoms with Crippen molar-refractivity contribution in [3.8, 4) is 11.5 Å². The summed E-state index contributed by atoms with van der Waals surface area (Å²) >= 11 is 3.52. The van der Waals surface area contributed by atoms with Gasteiger partial charge in [-0.05, 0) is 46.5 Å². The summed E-state index contributed by atoms with van der Waals surface area (Å²) in [5, 5.41) is 13.1. The summed E-state index contributed by atoms with van der Waals surface area (Å²) in [4.78, 5) is 0. The summed E-state index contributed by atoms with van der Waals surface area (Å²) in [6.07, 6.45) is 1.79. The van der Waals surface area contributed by atoms with Crippen molar-refractivity contribution in [1.29, 1.82) is 0 Å². The predicted molar refractivity (Wildman–Crippen MR) is 82.4 cm³/mol. The van der Waals surface area contributed by atoms with Crippen LogP contribution in [-0.4, -0.2) is 30.5 Å². The lowest BCUT2D eigenvalue weighted by Gasteiger charge is -2.31. The third-order valence-electron chi connectivity index (χ3n) is 3.98. The molecule has 1 heterocycles. The highest BCUT2D eigenvalue weighted by molar-refractivity contribution is 9.10. The number of fused-ring (bicyclic) bond motifs is 1. The second kappa shape index (κ2) is 6.78. The highest BCUT2D eigenvalue weighted by Crippen LogP contribution is 2.38. The number of hydrogen-bond acceptors (Lipinski definition) is 4. The molecule has 0 bridgehead atoms. The van der Waals surface area contributed by atoms with Crippen molar-refractivity contribution in [3.63, 3.8) is 0 Å². The molecule has 1 aliphatic rings. The van der Waals surface area contributed by atoms with E-state index in [9.17, 15) is 5.11 Å². The highest BCUT2D eigenvalue weighted by atomic mass is 79.9. The molecule has 0 unspecified atom stereocenters. The van der Waals surface area contributed by atoms with Crippen LogP contribution in [0.1, 0.15) is 32.3 Å². The second-order valence-corrected chi connectivity index (χ2v) is 5.96. The highest BCUT2D eigenvalue weighted by Gasteiger charge is 2.24. The minimum absolute atomic E-state index is 0.145. The zero-order valence-electron chi connectivity index (χ0n) is 12.0. The van der Waals surface area contributed by atoms with E-state index >= 15 is 0 Å². The van der Waals surface area contributed by atoms with Gasteiger partial charge in [0.15, 0.2) is 11.5 Å². The van der Waals surface area contributed by atoms with Crippen molar-refractivity contribution in [1.82, 2.24) is 5.32 Å². The van der Waals surface area contributed by atoms with Crippen molar-refractivity contribution >= 4 is 15.9 Å². The first-order valence-corrected chi connectivity index (χ1v) is 7.87. The number of rotatable bonds is 6. The molecule has 0 aliphatic carbocycles. The first kappa shape index (κ1) is 15.6. The van der Waals surface area contributed by atoms with Gasteiger partial charge >= 0.3 is 0 Å². The summed E-state index contributed by atoms with van der Waals surface area (Å²) in [7, 11) is 0. The van der Waals surface area contributed by atoms with Crippen LogP contribution in [0.15, 0.2) is 16.6 Å². The van der Waals surface area contributed by atoms with Gasteiger partial charge in [-0.2, -0.15) is 0 Å². The number of benzene rings is 1. The Balaban J connectivity index is 2.12. The summed E-state index contributed by atoms with van der Waals surface area (Å²) in [5.41, 5.74) is 0.903.